The van der Waals surface area contributed by atoms with E-state index in [0.717, 1.165) is 41.6 Å². The lowest BCUT2D eigenvalue weighted by Gasteiger charge is -2.26. The Bertz CT molecular complexity index is 1100. The highest BCUT2D eigenvalue weighted by molar-refractivity contribution is 8.06. The van der Waals surface area contributed by atoms with Gasteiger partial charge in [-0.05, 0) is 51.8 Å². The largest absolute Gasteiger partial charge is 0.309 e. The zero-order valence-electron chi connectivity index (χ0n) is 18.7. The maximum absolute atomic E-state index is 14.7. The van der Waals surface area contributed by atoms with Crippen molar-refractivity contribution in [3.8, 4) is 0 Å². The van der Waals surface area contributed by atoms with E-state index in [4.69, 9.17) is 0 Å². The third kappa shape index (κ3) is 4.92. The van der Waals surface area contributed by atoms with E-state index in [9.17, 15) is 4.57 Å². The smallest absolute Gasteiger partial charge is 0.167 e. The summed E-state index contributed by atoms with van der Waals surface area (Å²) in [6.07, 6.45) is 15.0. The molecule has 31 heavy (non-hydrogen) atoms. The number of benzene rings is 2. The molecule has 0 fully saturated rings. The summed E-state index contributed by atoms with van der Waals surface area (Å²) in [6, 6.07) is 18.5. The van der Waals surface area contributed by atoms with Gasteiger partial charge in [0.2, 0.25) is 0 Å². The van der Waals surface area contributed by atoms with Crippen LogP contribution < -0.4 is 10.6 Å². The van der Waals surface area contributed by atoms with Gasteiger partial charge in [-0.15, -0.1) is 0 Å². The highest BCUT2D eigenvalue weighted by atomic mass is 32.2. The van der Waals surface area contributed by atoms with Crippen molar-refractivity contribution in [3.63, 3.8) is 0 Å². The van der Waals surface area contributed by atoms with Crippen molar-refractivity contribution >= 4 is 29.5 Å². The first-order valence-electron chi connectivity index (χ1n) is 11.1. The quantitative estimate of drug-likeness (QED) is 0.435. The van der Waals surface area contributed by atoms with E-state index in [1.54, 1.807) is 0 Å². The van der Waals surface area contributed by atoms with Crippen LogP contribution in [-0.4, -0.2) is 0 Å². The van der Waals surface area contributed by atoms with Gasteiger partial charge >= 0.3 is 0 Å². The second kappa shape index (κ2) is 9.23. The SMILES string of the molecule is CC(C)(C)c1ccc(P(=O)(C2=CC=C(SC3=CC=CCC3)CC2)c2ccccc2)cc1. The van der Waals surface area contributed by atoms with E-state index in [2.05, 4.69) is 75.4 Å². The highest BCUT2D eigenvalue weighted by Crippen LogP contribution is 2.55. The zero-order chi connectivity index (χ0) is 21.9. The van der Waals surface area contributed by atoms with Gasteiger partial charge in [0.05, 0.1) is 0 Å². The van der Waals surface area contributed by atoms with Crippen molar-refractivity contribution in [3.05, 3.63) is 106 Å². The van der Waals surface area contributed by atoms with Gasteiger partial charge in [-0.25, -0.2) is 0 Å². The van der Waals surface area contributed by atoms with Crippen molar-refractivity contribution in [2.45, 2.75) is 51.9 Å². The fourth-order valence-electron chi connectivity index (χ4n) is 4.08. The molecule has 2 aliphatic rings. The molecular formula is C28H31OPS. The predicted octanol–water partition coefficient (Wildman–Crippen LogP) is 7.83. The molecule has 0 spiro atoms. The molecule has 4 rings (SSSR count). The first-order chi connectivity index (χ1) is 14.9. The Morgan fingerprint density at radius 2 is 1.45 bits per heavy atom. The molecule has 0 N–H and O–H groups in total. The number of hydrogen-bond acceptors (Lipinski definition) is 2. The van der Waals surface area contributed by atoms with Crippen molar-refractivity contribution in [1.82, 2.24) is 0 Å². The van der Waals surface area contributed by atoms with Gasteiger partial charge < -0.3 is 4.57 Å². The Labute approximate surface area is 191 Å². The molecule has 1 nitrogen and oxygen atoms in total. The second-order valence-electron chi connectivity index (χ2n) is 9.23. The summed E-state index contributed by atoms with van der Waals surface area (Å²) >= 11 is 1.89. The minimum atomic E-state index is -2.86. The summed E-state index contributed by atoms with van der Waals surface area (Å²) in [5.41, 5.74) is 1.35. The van der Waals surface area contributed by atoms with E-state index in [1.807, 2.05) is 42.1 Å². The third-order valence-corrected chi connectivity index (χ3v) is 10.4. The van der Waals surface area contributed by atoms with Crippen LogP contribution in [0, 0.1) is 0 Å². The molecule has 2 aromatic rings. The van der Waals surface area contributed by atoms with Gasteiger partial charge in [0.1, 0.15) is 0 Å². The van der Waals surface area contributed by atoms with E-state index in [0.29, 0.717) is 0 Å². The molecule has 3 heteroatoms. The van der Waals surface area contributed by atoms with Gasteiger partial charge in [-0.1, -0.05) is 118 Å². The van der Waals surface area contributed by atoms with E-state index >= 15 is 0 Å². The van der Waals surface area contributed by atoms with Crippen LogP contribution in [0.1, 0.15) is 52.0 Å². The molecule has 0 aliphatic heterocycles. The summed E-state index contributed by atoms with van der Waals surface area (Å²) in [7, 11) is -2.86. The van der Waals surface area contributed by atoms with Crippen molar-refractivity contribution in [2.24, 2.45) is 0 Å². The molecule has 2 aliphatic carbocycles. The first kappa shape index (κ1) is 22.2. The maximum atomic E-state index is 14.7. The van der Waals surface area contributed by atoms with Crippen LogP contribution in [0.2, 0.25) is 0 Å². The Balaban J connectivity index is 1.70. The summed E-state index contributed by atoms with van der Waals surface area (Å²) in [5.74, 6) is 0. The van der Waals surface area contributed by atoms with Crippen molar-refractivity contribution in [1.29, 1.82) is 0 Å². The average molecular weight is 447 g/mol. The Morgan fingerprint density at radius 3 is 2.03 bits per heavy atom. The van der Waals surface area contributed by atoms with Gasteiger partial charge in [-0.3, -0.25) is 0 Å². The topological polar surface area (TPSA) is 17.1 Å². The summed E-state index contributed by atoms with van der Waals surface area (Å²) in [6.45, 7) is 6.64. The van der Waals surface area contributed by atoms with E-state index in [1.165, 1.54) is 15.4 Å². The molecule has 1 unspecified atom stereocenters. The van der Waals surface area contributed by atoms with Crippen LogP contribution in [0.15, 0.2) is 100 Å². The van der Waals surface area contributed by atoms with E-state index in [-0.39, 0.29) is 5.41 Å². The van der Waals surface area contributed by atoms with E-state index < -0.39 is 7.14 Å². The molecular weight excluding hydrogens is 415 g/mol. The van der Waals surface area contributed by atoms with Gasteiger partial charge in [-0.2, -0.15) is 0 Å². The molecule has 1 atom stereocenters. The third-order valence-electron chi connectivity index (χ3n) is 5.95. The maximum Gasteiger partial charge on any atom is 0.167 e. The van der Waals surface area contributed by atoms with Gasteiger partial charge in [0.15, 0.2) is 7.14 Å². The average Bonchev–Trinajstić information content (AvgIpc) is 2.80. The van der Waals surface area contributed by atoms with Crippen molar-refractivity contribution in [2.75, 3.05) is 0 Å². The second-order valence-corrected chi connectivity index (χ2v) is 13.3. The zero-order valence-corrected chi connectivity index (χ0v) is 20.4. The molecule has 0 heterocycles. The molecule has 0 saturated carbocycles. The Hall–Kier alpha value is -2.02. The van der Waals surface area contributed by atoms with Gasteiger partial charge in [0, 0.05) is 10.6 Å². The minimum Gasteiger partial charge on any atom is -0.309 e. The highest BCUT2D eigenvalue weighted by Gasteiger charge is 2.32. The Morgan fingerprint density at radius 1 is 0.774 bits per heavy atom. The lowest BCUT2D eigenvalue weighted by Crippen LogP contribution is -2.19. The molecule has 0 amide bonds. The first-order valence-corrected chi connectivity index (χ1v) is 13.6. The molecule has 0 saturated heterocycles. The monoisotopic (exact) mass is 446 g/mol. The molecule has 2 aromatic carbocycles. The number of hydrogen-bond donors (Lipinski definition) is 0. The standard InChI is InChI=1S/C28H31OPS/c1-28(2,3)22-14-16-24(17-15-22)30(29,23-10-6-4-7-11-23)25-18-20-27(21-19-25)31-26-12-8-5-9-13-26/h4-8,10-12,14-18,20H,9,13,19,21H2,1-3H3. The summed E-state index contributed by atoms with van der Waals surface area (Å²) < 4.78 is 14.7. The predicted molar refractivity (Wildman–Crippen MR) is 138 cm³/mol. The number of allylic oxidation sites excluding steroid dienone is 8. The molecule has 0 bridgehead atoms. The number of rotatable bonds is 5. The van der Waals surface area contributed by atoms with Crippen molar-refractivity contribution < 1.29 is 4.57 Å². The fourth-order valence-corrected chi connectivity index (χ4v) is 7.96. The summed E-state index contributed by atoms with van der Waals surface area (Å²) in [4.78, 5) is 2.79. The lowest BCUT2D eigenvalue weighted by molar-refractivity contribution is 0.587. The van der Waals surface area contributed by atoms with Crippen LogP contribution in [0.5, 0.6) is 0 Å². The van der Waals surface area contributed by atoms with Gasteiger partial charge in [0.25, 0.3) is 0 Å². The molecule has 160 valence electrons. The molecule has 0 aromatic heterocycles. The minimum absolute atomic E-state index is 0.0806. The van der Waals surface area contributed by atoms with Crippen LogP contribution in [0.3, 0.4) is 0 Å². The normalized spacial score (nSPS) is 18.6. The molecule has 0 radical (unpaired) electrons. The van der Waals surface area contributed by atoms with Crippen LogP contribution in [0.25, 0.3) is 0 Å². The van der Waals surface area contributed by atoms with Crippen LogP contribution >= 0.6 is 18.9 Å². The number of thioether (sulfide) groups is 1. The Kier molecular flexibility index (Phi) is 6.60. The summed E-state index contributed by atoms with van der Waals surface area (Å²) in [5, 5.41) is 2.92. The van der Waals surface area contributed by atoms with Crippen LogP contribution in [-0.2, 0) is 9.98 Å². The van der Waals surface area contributed by atoms with Crippen LogP contribution in [0.4, 0.5) is 0 Å². The fraction of sp³-hybridized carbons (Fsp3) is 0.286. The lowest BCUT2D eigenvalue weighted by atomic mass is 9.87.